The summed E-state index contributed by atoms with van der Waals surface area (Å²) in [4.78, 5) is 98.4. The largest absolute Gasteiger partial charge is 0.444 e. The molecule has 8 atom stereocenters. The molecule has 15 nitrogen and oxygen atoms in total. The highest BCUT2D eigenvalue weighted by atomic mass is 19.1. The number of likely N-dealkylation sites (tertiary alicyclic amines) is 3. The van der Waals surface area contributed by atoms with Crippen LogP contribution in [0.25, 0.3) is 0 Å². The highest BCUT2D eigenvalue weighted by molar-refractivity contribution is 6.09. The first-order chi connectivity index (χ1) is 26.2. The van der Waals surface area contributed by atoms with Gasteiger partial charge in [0.25, 0.3) is 0 Å². The van der Waals surface area contributed by atoms with Crippen LogP contribution in [0.2, 0.25) is 0 Å². The maximum Gasteiger partial charge on any atom is 0.408 e. The van der Waals surface area contributed by atoms with E-state index >= 15 is 0 Å². The molecular weight excluding hydrogens is 734 g/mol. The molecule has 1 aromatic rings. The number of ether oxygens (including phenoxy) is 1. The summed E-state index contributed by atoms with van der Waals surface area (Å²) in [5, 5.41) is 18.4. The number of halogens is 2. The van der Waals surface area contributed by atoms with Crippen molar-refractivity contribution in [3.8, 4) is 0 Å². The van der Waals surface area contributed by atoms with Gasteiger partial charge in [-0.15, -0.1) is 0 Å². The maximum absolute atomic E-state index is 14.2. The Morgan fingerprint density at radius 3 is 2.14 bits per heavy atom. The number of rotatable bonds is 11. The number of amides is 6. The average Bonchev–Trinajstić information content (AvgIpc) is 3.39. The van der Waals surface area contributed by atoms with E-state index in [9.17, 15) is 47.4 Å². The van der Waals surface area contributed by atoms with Crippen LogP contribution in [-0.4, -0.2) is 128 Å². The van der Waals surface area contributed by atoms with E-state index in [1.54, 1.807) is 32.6 Å². The topological polar surface area (TPSA) is 195 Å². The maximum atomic E-state index is 14.2. The Hall–Kier alpha value is -4.67. The molecule has 1 aliphatic carbocycles. The Bertz CT molecular complexity index is 1720. The van der Waals surface area contributed by atoms with Gasteiger partial charge in [0.1, 0.15) is 53.0 Å². The molecule has 0 aromatic heterocycles. The molecule has 3 aliphatic heterocycles. The molecule has 1 spiro atoms. The lowest BCUT2D eigenvalue weighted by molar-refractivity contribution is -0.152. The molecule has 0 bridgehead atoms. The number of benzene rings is 1. The van der Waals surface area contributed by atoms with Crippen molar-refractivity contribution in [3.63, 3.8) is 0 Å². The van der Waals surface area contributed by atoms with Gasteiger partial charge in [0.15, 0.2) is 5.78 Å². The first-order valence-corrected chi connectivity index (χ1v) is 19.4. The summed E-state index contributed by atoms with van der Waals surface area (Å²) >= 11 is 0. The number of hydrogen-bond acceptors (Lipinski definition) is 9. The fourth-order valence-electron chi connectivity index (χ4n) is 8.19. The minimum Gasteiger partial charge on any atom is -0.444 e. The van der Waals surface area contributed by atoms with Crippen molar-refractivity contribution in [2.75, 3.05) is 19.6 Å². The number of alkyl carbamates (subject to hydrolysis) is 1. The van der Waals surface area contributed by atoms with E-state index in [0.717, 1.165) is 12.1 Å². The molecule has 6 amide bonds. The van der Waals surface area contributed by atoms with Crippen LogP contribution in [0.1, 0.15) is 92.1 Å². The summed E-state index contributed by atoms with van der Waals surface area (Å²) in [5.74, 6) is -4.74. The monoisotopic (exact) mass is 788 g/mol. The molecule has 3 saturated heterocycles. The highest BCUT2D eigenvalue weighted by Crippen LogP contribution is 2.48. The molecular formula is C39H54F2N6O9. The van der Waals surface area contributed by atoms with E-state index in [0.29, 0.717) is 51.1 Å². The van der Waals surface area contributed by atoms with Gasteiger partial charge < -0.3 is 40.5 Å². The third kappa shape index (κ3) is 9.64. The molecule has 0 radical (unpaired) electrons. The zero-order valence-corrected chi connectivity index (χ0v) is 32.9. The van der Waals surface area contributed by atoms with E-state index < -0.39 is 95.2 Å². The fraction of sp³-hybridized carbons (Fsp3) is 0.667. The van der Waals surface area contributed by atoms with Gasteiger partial charge in [0, 0.05) is 38.5 Å². The summed E-state index contributed by atoms with van der Waals surface area (Å²) in [6, 6.07) is -3.34. The van der Waals surface area contributed by atoms with Gasteiger partial charge >= 0.3 is 6.09 Å². The van der Waals surface area contributed by atoms with Crippen LogP contribution in [0.5, 0.6) is 0 Å². The highest BCUT2D eigenvalue weighted by Gasteiger charge is 2.63. The van der Waals surface area contributed by atoms with Gasteiger partial charge in [-0.1, -0.05) is 6.92 Å². The number of piperidine rings is 1. The summed E-state index contributed by atoms with van der Waals surface area (Å²) in [7, 11) is 0. The van der Waals surface area contributed by atoms with Gasteiger partial charge in [-0.05, 0) is 96.8 Å². The lowest BCUT2D eigenvalue weighted by Gasteiger charge is -2.39. The molecule has 56 heavy (non-hydrogen) atoms. The van der Waals surface area contributed by atoms with E-state index in [2.05, 4.69) is 16.0 Å². The second kappa shape index (κ2) is 16.8. The minimum atomic E-state index is -1.59. The van der Waals surface area contributed by atoms with Gasteiger partial charge in [-0.3, -0.25) is 28.8 Å². The number of aliphatic hydroxyl groups is 1. The van der Waals surface area contributed by atoms with Crippen molar-refractivity contribution in [2.45, 2.75) is 140 Å². The van der Waals surface area contributed by atoms with Crippen molar-refractivity contribution < 1.29 is 52.2 Å². The second-order valence-corrected chi connectivity index (χ2v) is 16.8. The number of ketones is 1. The molecule has 3 heterocycles. The standard InChI is InChI=1S/C39H54F2N6O9/c1-21-18-39(19-30(39)49)47(20-21)34(52)22(2)42-33(51)28-10-7-8-12-45(28)35(53)29-11-9-13-46(29)36(54)31(23(3)48)44-32(50)27(43-37(55)56-38(4,5)6)16-24-14-25(40)17-26(41)15-24/h14-15,17,21-23,27-29,31,48H,7-13,16,18-20H2,1-6H3,(H,42,51)(H,43,55)(H,44,50)/t21-,22-,23-,27-,28-,29-,31-,39?/m0/s1. The molecule has 17 heteroatoms. The summed E-state index contributed by atoms with van der Waals surface area (Å²) in [6.45, 7) is 10.4. The Morgan fingerprint density at radius 2 is 1.54 bits per heavy atom. The quantitative estimate of drug-likeness (QED) is 0.258. The molecule has 4 fully saturated rings. The number of nitrogens with zero attached hydrogens (tertiary/aromatic N) is 3. The van der Waals surface area contributed by atoms with Crippen LogP contribution in [0.4, 0.5) is 13.6 Å². The number of Topliss-reactive ketones (excluding diaryl/α,β-unsaturated/α-hetero) is 1. The van der Waals surface area contributed by atoms with Crippen LogP contribution < -0.4 is 16.0 Å². The van der Waals surface area contributed by atoms with Crippen LogP contribution >= 0.6 is 0 Å². The molecule has 4 aliphatic rings. The summed E-state index contributed by atoms with van der Waals surface area (Å²) in [5.41, 5.74) is -1.71. The first-order valence-electron chi connectivity index (χ1n) is 19.4. The van der Waals surface area contributed by atoms with E-state index in [4.69, 9.17) is 4.74 Å². The number of aliphatic hydroxyl groups excluding tert-OH is 1. The Kier molecular flexibility index (Phi) is 12.8. The molecule has 4 N–H and O–H groups in total. The summed E-state index contributed by atoms with van der Waals surface area (Å²) in [6.07, 6.45) is 0.274. The fourth-order valence-corrected chi connectivity index (χ4v) is 8.19. The Morgan fingerprint density at radius 1 is 0.911 bits per heavy atom. The predicted molar refractivity (Wildman–Crippen MR) is 196 cm³/mol. The molecule has 1 aromatic carbocycles. The zero-order valence-electron chi connectivity index (χ0n) is 32.9. The normalized spacial score (nSPS) is 25.6. The molecule has 1 unspecified atom stereocenters. The van der Waals surface area contributed by atoms with Crippen molar-refractivity contribution in [3.05, 3.63) is 35.4 Å². The third-order valence-electron chi connectivity index (χ3n) is 10.9. The average molecular weight is 789 g/mol. The number of nitrogens with one attached hydrogen (secondary N) is 3. The predicted octanol–water partition coefficient (Wildman–Crippen LogP) is 1.72. The summed E-state index contributed by atoms with van der Waals surface area (Å²) < 4.78 is 33.4. The van der Waals surface area contributed by atoms with Gasteiger partial charge in [0.05, 0.1) is 6.10 Å². The van der Waals surface area contributed by atoms with Crippen LogP contribution in [0.15, 0.2) is 18.2 Å². The SMILES string of the molecule is C[C@@H]1CN(C(=O)[C@H](C)NC(=O)[C@@H]2CCCCN2C(=O)[C@@H]2CCCN2C(=O)[C@@H](NC(=O)[C@H](Cc2cc(F)cc(F)c2)NC(=O)OC(C)(C)C)[C@H](C)O)C2(CC2=O)C1. The van der Waals surface area contributed by atoms with E-state index in [1.165, 1.54) is 16.7 Å². The van der Waals surface area contributed by atoms with Gasteiger partial charge in [-0.2, -0.15) is 0 Å². The Labute approximate surface area is 325 Å². The Balaban J connectivity index is 1.28. The van der Waals surface area contributed by atoms with Crippen LogP contribution in [-0.2, 0) is 39.9 Å². The number of carbonyl (C=O) groups is 7. The number of hydrogen-bond donors (Lipinski definition) is 4. The van der Waals surface area contributed by atoms with E-state index in [1.807, 2.05) is 6.92 Å². The smallest absolute Gasteiger partial charge is 0.408 e. The van der Waals surface area contributed by atoms with Crippen molar-refractivity contribution in [1.29, 1.82) is 0 Å². The van der Waals surface area contributed by atoms with Gasteiger partial charge in [-0.25, -0.2) is 13.6 Å². The van der Waals surface area contributed by atoms with Crippen LogP contribution in [0, 0.1) is 17.6 Å². The van der Waals surface area contributed by atoms with Crippen molar-refractivity contribution in [2.24, 2.45) is 5.92 Å². The van der Waals surface area contributed by atoms with E-state index in [-0.39, 0.29) is 42.7 Å². The number of carbonyl (C=O) groups excluding carboxylic acids is 7. The zero-order chi connectivity index (χ0) is 41.3. The van der Waals surface area contributed by atoms with Crippen molar-refractivity contribution in [1.82, 2.24) is 30.7 Å². The van der Waals surface area contributed by atoms with Gasteiger partial charge in [0.2, 0.25) is 29.5 Å². The second-order valence-electron chi connectivity index (χ2n) is 16.8. The molecule has 5 rings (SSSR count). The third-order valence-corrected chi connectivity index (χ3v) is 10.9. The molecule has 1 saturated carbocycles. The van der Waals surface area contributed by atoms with Crippen LogP contribution in [0.3, 0.4) is 0 Å². The van der Waals surface area contributed by atoms with Crippen molar-refractivity contribution >= 4 is 41.4 Å². The first kappa shape index (κ1) is 42.5. The lowest BCUT2D eigenvalue weighted by Crippen LogP contribution is -2.62. The minimum absolute atomic E-state index is 0.0173. The molecule has 308 valence electrons. The lowest BCUT2D eigenvalue weighted by atomic mass is 9.99.